The van der Waals surface area contributed by atoms with Crippen LogP contribution < -0.4 is 10.6 Å². The molecule has 2 N–H and O–H groups in total. The van der Waals surface area contributed by atoms with E-state index in [1.165, 1.54) is 0 Å². The van der Waals surface area contributed by atoms with Crippen LogP contribution in [0.1, 0.15) is 73.3 Å². The summed E-state index contributed by atoms with van der Waals surface area (Å²) in [4.78, 5) is 29.1. The van der Waals surface area contributed by atoms with Crippen LogP contribution in [-0.2, 0) is 13.0 Å². The lowest BCUT2D eigenvalue weighted by atomic mass is 10.1. The Labute approximate surface area is 138 Å². The molecule has 0 saturated carbocycles. The smallest absolute Gasteiger partial charge is 0.287 e. The van der Waals surface area contributed by atoms with Gasteiger partial charge in [-0.3, -0.25) is 9.59 Å². The van der Waals surface area contributed by atoms with E-state index in [1.54, 1.807) is 0 Å². The van der Waals surface area contributed by atoms with Gasteiger partial charge in [-0.15, -0.1) is 0 Å². The lowest BCUT2D eigenvalue weighted by Crippen LogP contribution is -2.29. The van der Waals surface area contributed by atoms with Gasteiger partial charge in [-0.2, -0.15) is 0 Å². The van der Waals surface area contributed by atoms with Crippen molar-refractivity contribution in [2.45, 2.75) is 59.4 Å². The van der Waals surface area contributed by atoms with Crippen LogP contribution in [0.4, 0.5) is 0 Å². The van der Waals surface area contributed by atoms with Gasteiger partial charge in [-0.05, 0) is 38.0 Å². The fourth-order valence-electron chi connectivity index (χ4n) is 2.77. The molecule has 2 amide bonds. The zero-order chi connectivity index (χ0) is 16.8. The van der Waals surface area contributed by atoms with Crippen molar-refractivity contribution in [1.29, 1.82) is 0 Å². The lowest BCUT2D eigenvalue weighted by Gasteiger charge is -2.17. The van der Waals surface area contributed by atoms with Crippen molar-refractivity contribution >= 4 is 11.8 Å². The number of carbonyl (C=O) groups excluding carboxylic acids is 2. The number of rotatable bonds is 7. The first-order chi connectivity index (χ1) is 11.0. The first-order valence-electron chi connectivity index (χ1n) is 8.70. The van der Waals surface area contributed by atoms with Gasteiger partial charge in [0.25, 0.3) is 11.8 Å². The number of amides is 2. The minimum absolute atomic E-state index is 0.168. The standard InChI is InChI=1S/C17H28N4O2/c1-4-9-18-16(22)14-13-7-5-6-11-21(13)15(20-14)17(23)19-10-8-12(2)3/h12H,4-11H2,1-3H3,(H,18,22)(H,19,23). The third-order valence-electron chi connectivity index (χ3n) is 4.08. The molecule has 1 aliphatic rings. The van der Waals surface area contributed by atoms with Crippen molar-refractivity contribution < 1.29 is 9.59 Å². The molecule has 128 valence electrons. The number of nitrogens with one attached hydrogen (secondary N) is 2. The van der Waals surface area contributed by atoms with Crippen molar-refractivity contribution in [1.82, 2.24) is 20.2 Å². The van der Waals surface area contributed by atoms with Crippen LogP contribution in [0.2, 0.25) is 0 Å². The second-order valence-corrected chi connectivity index (χ2v) is 6.53. The summed E-state index contributed by atoms with van der Waals surface area (Å²) in [5, 5.41) is 5.78. The molecule has 1 aliphatic heterocycles. The normalized spacial score (nSPS) is 13.7. The Morgan fingerprint density at radius 1 is 1.17 bits per heavy atom. The monoisotopic (exact) mass is 320 g/mol. The first kappa shape index (κ1) is 17.5. The molecule has 6 nitrogen and oxygen atoms in total. The lowest BCUT2D eigenvalue weighted by molar-refractivity contribution is 0.0936. The quantitative estimate of drug-likeness (QED) is 0.808. The van der Waals surface area contributed by atoms with Gasteiger partial charge in [0, 0.05) is 19.6 Å². The molecule has 1 aromatic rings. The van der Waals surface area contributed by atoms with Crippen LogP contribution >= 0.6 is 0 Å². The third-order valence-corrected chi connectivity index (χ3v) is 4.08. The Balaban J connectivity index is 2.17. The Kier molecular flexibility index (Phi) is 6.19. The summed E-state index contributed by atoms with van der Waals surface area (Å²) in [6, 6.07) is 0. The van der Waals surface area contributed by atoms with Crippen molar-refractivity contribution in [3.63, 3.8) is 0 Å². The molecule has 0 fully saturated rings. The first-order valence-corrected chi connectivity index (χ1v) is 8.70. The van der Waals surface area contributed by atoms with E-state index in [1.807, 2.05) is 11.5 Å². The van der Waals surface area contributed by atoms with Gasteiger partial charge in [-0.1, -0.05) is 20.8 Å². The predicted octanol–water partition coefficient (Wildman–Crippen LogP) is 2.14. The molecule has 0 spiro atoms. The topological polar surface area (TPSA) is 76.0 Å². The summed E-state index contributed by atoms with van der Waals surface area (Å²) in [5.74, 6) is 0.576. The van der Waals surface area contributed by atoms with Crippen LogP contribution in [0.5, 0.6) is 0 Å². The van der Waals surface area contributed by atoms with Crippen LogP contribution in [-0.4, -0.2) is 34.5 Å². The SMILES string of the molecule is CCCNC(=O)c1nc(C(=O)NCCC(C)C)n2c1CCCC2. The van der Waals surface area contributed by atoms with Gasteiger partial charge >= 0.3 is 0 Å². The Morgan fingerprint density at radius 3 is 2.61 bits per heavy atom. The van der Waals surface area contributed by atoms with E-state index in [4.69, 9.17) is 0 Å². The summed E-state index contributed by atoms with van der Waals surface area (Å²) >= 11 is 0. The summed E-state index contributed by atoms with van der Waals surface area (Å²) < 4.78 is 1.93. The number of aromatic nitrogens is 2. The van der Waals surface area contributed by atoms with Gasteiger partial charge in [0.1, 0.15) is 5.69 Å². The van der Waals surface area contributed by atoms with Crippen molar-refractivity contribution in [2.75, 3.05) is 13.1 Å². The summed E-state index contributed by atoms with van der Waals surface area (Å²) in [6.45, 7) is 8.28. The summed E-state index contributed by atoms with van der Waals surface area (Å²) in [7, 11) is 0. The second kappa shape index (κ2) is 8.13. The van der Waals surface area contributed by atoms with Crippen molar-refractivity contribution in [3.8, 4) is 0 Å². The average Bonchev–Trinajstić information content (AvgIpc) is 2.92. The molecular formula is C17H28N4O2. The van der Waals surface area contributed by atoms with Gasteiger partial charge in [0.2, 0.25) is 0 Å². The van der Waals surface area contributed by atoms with Crippen LogP contribution in [0.25, 0.3) is 0 Å². The van der Waals surface area contributed by atoms with E-state index in [9.17, 15) is 9.59 Å². The molecule has 1 aromatic heterocycles. The molecule has 0 atom stereocenters. The van der Waals surface area contributed by atoms with Crippen LogP contribution in [0.3, 0.4) is 0 Å². The highest BCUT2D eigenvalue weighted by atomic mass is 16.2. The van der Waals surface area contributed by atoms with Gasteiger partial charge in [0.15, 0.2) is 5.82 Å². The van der Waals surface area contributed by atoms with E-state index >= 15 is 0 Å². The maximum atomic E-state index is 12.4. The highest BCUT2D eigenvalue weighted by Crippen LogP contribution is 2.21. The number of nitrogens with zero attached hydrogens (tertiary/aromatic N) is 2. The zero-order valence-corrected chi connectivity index (χ0v) is 14.4. The van der Waals surface area contributed by atoms with E-state index in [0.29, 0.717) is 30.5 Å². The Hall–Kier alpha value is -1.85. The molecule has 0 saturated heterocycles. The molecule has 0 radical (unpaired) electrons. The highest BCUT2D eigenvalue weighted by molar-refractivity contribution is 5.97. The Morgan fingerprint density at radius 2 is 1.91 bits per heavy atom. The average molecular weight is 320 g/mol. The van der Waals surface area contributed by atoms with E-state index < -0.39 is 0 Å². The summed E-state index contributed by atoms with van der Waals surface area (Å²) in [5.41, 5.74) is 1.33. The molecule has 0 bridgehead atoms. The van der Waals surface area contributed by atoms with Crippen molar-refractivity contribution in [2.24, 2.45) is 5.92 Å². The van der Waals surface area contributed by atoms with Crippen LogP contribution in [0.15, 0.2) is 0 Å². The van der Waals surface area contributed by atoms with Crippen LogP contribution in [0, 0.1) is 5.92 Å². The maximum absolute atomic E-state index is 12.4. The van der Waals surface area contributed by atoms with Gasteiger partial charge < -0.3 is 15.2 Å². The molecule has 0 unspecified atom stereocenters. The number of imidazole rings is 1. The van der Waals surface area contributed by atoms with Gasteiger partial charge in [0.05, 0.1) is 5.69 Å². The molecule has 2 heterocycles. The molecule has 0 aromatic carbocycles. The number of fused-ring (bicyclic) bond motifs is 1. The summed E-state index contributed by atoms with van der Waals surface area (Å²) in [6.07, 6.45) is 4.68. The van der Waals surface area contributed by atoms with E-state index in [2.05, 4.69) is 29.5 Å². The minimum Gasteiger partial charge on any atom is -0.351 e. The fraction of sp³-hybridized carbons (Fsp3) is 0.706. The minimum atomic E-state index is -0.177. The van der Waals surface area contributed by atoms with Crippen molar-refractivity contribution in [3.05, 3.63) is 17.2 Å². The number of hydrogen-bond acceptors (Lipinski definition) is 3. The fourth-order valence-corrected chi connectivity index (χ4v) is 2.77. The number of carbonyl (C=O) groups is 2. The van der Waals surface area contributed by atoms with E-state index in [-0.39, 0.29) is 11.8 Å². The maximum Gasteiger partial charge on any atom is 0.287 e. The van der Waals surface area contributed by atoms with E-state index in [0.717, 1.165) is 44.3 Å². The highest BCUT2D eigenvalue weighted by Gasteiger charge is 2.27. The Bertz CT molecular complexity index is 563. The molecule has 0 aliphatic carbocycles. The largest absolute Gasteiger partial charge is 0.351 e. The third kappa shape index (κ3) is 4.33. The zero-order valence-electron chi connectivity index (χ0n) is 14.4. The predicted molar refractivity (Wildman–Crippen MR) is 89.6 cm³/mol. The molecule has 2 rings (SSSR count). The molecular weight excluding hydrogens is 292 g/mol. The molecule has 6 heteroatoms. The molecule has 23 heavy (non-hydrogen) atoms. The second-order valence-electron chi connectivity index (χ2n) is 6.53. The number of hydrogen-bond donors (Lipinski definition) is 2. The van der Waals surface area contributed by atoms with Gasteiger partial charge in [-0.25, -0.2) is 4.98 Å².